The molecule has 116 valence electrons. The Morgan fingerprint density at radius 3 is 2.87 bits per heavy atom. The van der Waals surface area contributed by atoms with E-state index in [-0.39, 0.29) is 0 Å². The molecule has 4 rings (SSSR count). The summed E-state index contributed by atoms with van der Waals surface area (Å²) in [5, 5.41) is 8.45. The summed E-state index contributed by atoms with van der Waals surface area (Å²) in [7, 11) is 0. The van der Waals surface area contributed by atoms with E-state index in [1.165, 1.54) is 18.4 Å². The number of hydrogen-bond acceptors (Lipinski definition) is 3. The third-order valence-corrected chi connectivity index (χ3v) is 4.58. The van der Waals surface area contributed by atoms with Crippen LogP contribution in [0.25, 0.3) is 17.1 Å². The highest BCUT2D eigenvalue weighted by molar-refractivity contribution is 9.10. The van der Waals surface area contributed by atoms with Crippen molar-refractivity contribution in [3.05, 3.63) is 58.7 Å². The van der Waals surface area contributed by atoms with Crippen molar-refractivity contribution in [2.75, 3.05) is 11.9 Å². The second-order valence-corrected chi connectivity index (χ2v) is 6.58. The zero-order valence-corrected chi connectivity index (χ0v) is 14.3. The Morgan fingerprint density at radius 1 is 1.09 bits per heavy atom. The Morgan fingerprint density at radius 2 is 2.04 bits per heavy atom. The molecule has 4 nitrogen and oxygen atoms in total. The lowest BCUT2D eigenvalue weighted by Crippen LogP contribution is -2.07. The summed E-state index contributed by atoms with van der Waals surface area (Å²) in [5.41, 5.74) is 4.23. The van der Waals surface area contributed by atoms with E-state index in [0.717, 1.165) is 40.3 Å². The first kappa shape index (κ1) is 14.5. The Hall–Kier alpha value is -2.14. The zero-order valence-electron chi connectivity index (χ0n) is 12.7. The zero-order chi connectivity index (χ0) is 15.6. The Labute approximate surface area is 143 Å². The van der Waals surface area contributed by atoms with Crippen LogP contribution in [0, 0.1) is 0 Å². The van der Waals surface area contributed by atoms with Gasteiger partial charge in [-0.15, -0.1) is 0 Å². The molecule has 0 saturated carbocycles. The highest BCUT2D eigenvalue weighted by Crippen LogP contribution is 2.33. The van der Waals surface area contributed by atoms with E-state index in [1.54, 1.807) is 0 Å². The fourth-order valence-corrected chi connectivity index (χ4v) is 3.39. The first-order valence-electron chi connectivity index (χ1n) is 7.86. The summed E-state index contributed by atoms with van der Waals surface area (Å²) in [6.07, 6.45) is 5.20. The molecule has 1 aliphatic rings. The van der Waals surface area contributed by atoms with Gasteiger partial charge in [0.15, 0.2) is 0 Å². The molecule has 0 fully saturated rings. The van der Waals surface area contributed by atoms with Crippen LogP contribution in [0.3, 0.4) is 0 Å². The van der Waals surface area contributed by atoms with Gasteiger partial charge in [0.05, 0.1) is 11.4 Å². The van der Waals surface area contributed by atoms with Crippen LogP contribution in [-0.4, -0.2) is 21.3 Å². The molecule has 0 saturated heterocycles. The van der Waals surface area contributed by atoms with Crippen molar-refractivity contribution >= 4 is 21.7 Å². The molecule has 0 unspecified atom stereocenters. The summed E-state index contributed by atoms with van der Waals surface area (Å²) in [4.78, 5) is 4.50. The summed E-state index contributed by atoms with van der Waals surface area (Å²) < 4.78 is 3.06. The van der Waals surface area contributed by atoms with Crippen LogP contribution in [0.1, 0.15) is 18.4 Å². The molecule has 1 N–H and O–H groups in total. The predicted molar refractivity (Wildman–Crippen MR) is 95.9 cm³/mol. The molecular formula is C18H17BrN4. The summed E-state index contributed by atoms with van der Waals surface area (Å²) in [5.74, 6) is 1.10. The smallest absolute Gasteiger partial charge is 0.133 e. The SMILES string of the molecule is Brc1cccc(-n2nc(-c3ccccn3)c3c2NCCCC3)c1. The van der Waals surface area contributed by atoms with Gasteiger partial charge in [-0.3, -0.25) is 4.98 Å². The van der Waals surface area contributed by atoms with Crippen LogP contribution in [0.5, 0.6) is 0 Å². The lowest BCUT2D eigenvalue weighted by Gasteiger charge is -2.09. The van der Waals surface area contributed by atoms with Gasteiger partial charge >= 0.3 is 0 Å². The van der Waals surface area contributed by atoms with Crippen LogP contribution in [0.4, 0.5) is 5.82 Å². The Bertz CT molecular complexity index is 826. The Balaban J connectivity index is 1.92. The van der Waals surface area contributed by atoms with Gasteiger partial charge in [0.2, 0.25) is 0 Å². The number of nitrogens with zero attached hydrogens (tertiary/aromatic N) is 3. The van der Waals surface area contributed by atoms with Crippen LogP contribution in [0.15, 0.2) is 53.1 Å². The monoisotopic (exact) mass is 368 g/mol. The average molecular weight is 369 g/mol. The molecule has 0 amide bonds. The average Bonchev–Trinajstić information content (AvgIpc) is 2.77. The second kappa shape index (κ2) is 6.16. The van der Waals surface area contributed by atoms with Crippen LogP contribution in [-0.2, 0) is 6.42 Å². The number of benzene rings is 1. The predicted octanol–water partition coefficient (Wildman–Crippen LogP) is 4.45. The molecule has 23 heavy (non-hydrogen) atoms. The van der Waals surface area contributed by atoms with E-state index >= 15 is 0 Å². The van der Waals surface area contributed by atoms with E-state index in [4.69, 9.17) is 5.10 Å². The number of hydrogen-bond donors (Lipinski definition) is 1. The molecule has 0 bridgehead atoms. The minimum atomic E-state index is 0.932. The number of aromatic nitrogens is 3. The number of fused-ring (bicyclic) bond motifs is 1. The maximum Gasteiger partial charge on any atom is 0.133 e. The number of nitrogens with one attached hydrogen (secondary N) is 1. The van der Waals surface area contributed by atoms with Crippen molar-refractivity contribution in [3.63, 3.8) is 0 Å². The van der Waals surface area contributed by atoms with Gasteiger partial charge < -0.3 is 5.32 Å². The second-order valence-electron chi connectivity index (χ2n) is 5.67. The molecule has 5 heteroatoms. The highest BCUT2D eigenvalue weighted by atomic mass is 79.9. The fourth-order valence-electron chi connectivity index (χ4n) is 3.01. The van der Waals surface area contributed by atoms with Crippen molar-refractivity contribution in [1.82, 2.24) is 14.8 Å². The molecule has 1 aliphatic heterocycles. The standard InChI is InChI=1S/C18H17BrN4/c19-13-6-5-7-14(12-13)23-18-15(8-1-3-11-21-18)17(22-23)16-9-2-4-10-20-16/h2,4-7,9-10,12,21H,1,3,8,11H2. The van der Waals surface area contributed by atoms with E-state index in [9.17, 15) is 0 Å². The van der Waals surface area contributed by atoms with Crippen LogP contribution >= 0.6 is 15.9 Å². The molecule has 0 aliphatic carbocycles. The van der Waals surface area contributed by atoms with Gasteiger partial charge in [-0.2, -0.15) is 5.10 Å². The van der Waals surface area contributed by atoms with Gasteiger partial charge in [-0.25, -0.2) is 4.68 Å². The van der Waals surface area contributed by atoms with Crippen LogP contribution < -0.4 is 5.32 Å². The van der Waals surface area contributed by atoms with Crippen molar-refractivity contribution in [1.29, 1.82) is 0 Å². The van der Waals surface area contributed by atoms with Gasteiger partial charge in [0.1, 0.15) is 11.5 Å². The lowest BCUT2D eigenvalue weighted by atomic mass is 10.1. The number of halogens is 1. The third-order valence-electron chi connectivity index (χ3n) is 4.09. The van der Waals surface area contributed by atoms with Crippen molar-refractivity contribution in [2.24, 2.45) is 0 Å². The molecule has 0 spiro atoms. The minimum absolute atomic E-state index is 0.932. The van der Waals surface area contributed by atoms with Crippen molar-refractivity contribution in [3.8, 4) is 17.1 Å². The molecule has 1 aromatic carbocycles. The molecule has 0 atom stereocenters. The normalized spacial score (nSPS) is 14.0. The molecule has 0 radical (unpaired) electrons. The third kappa shape index (κ3) is 2.77. The highest BCUT2D eigenvalue weighted by Gasteiger charge is 2.22. The largest absolute Gasteiger partial charge is 0.370 e. The number of pyridine rings is 1. The fraction of sp³-hybridized carbons (Fsp3) is 0.222. The topological polar surface area (TPSA) is 42.7 Å². The quantitative estimate of drug-likeness (QED) is 0.726. The maximum absolute atomic E-state index is 4.89. The van der Waals surface area contributed by atoms with E-state index < -0.39 is 0 Å². The molecule has 3 heterocycles. The van der Waals surface area contributed by atoms with E-state index in [1.807, 2.05) is 41.2 Å². The van der Waals surface area contributed by atoms with E-state index in [0.29, 0.717) is 0 Å². The summed E-state index contributed by atoms with van der Waals surface area (Å²) in [6, 6.07) is 14.2. The Kier molecular flexibility index (Phi) is 3.87. The first-order chi connectivity index (χ1) is 11.3. The van der Waals surface area contributed by atoms with Gasteiger partial charge in [-0.1, -0.05) is 28.1 Å². The molecular weight excluding hydrogens is 352 g/mol. The number of anilines is 1. The van der Waals surface area contributed by atoms with Crippen molar-refractivity contribution < 1.29 is 0 Å². The number of rotatable bonds is 2. The lowest BCUT2D eigenvalue weighted by molar-refractivity contribution is 0.779. The van der Waals surface area contributed by atoms with E-state index in [2.05, 4.69) is 38.4 Å². The summed E-state index contributed by atoms with van der Waals surface area (Å²) in [6.45, 7) is 0.981. The molecule has 3 aromatic rings. The van der Waals surface area contributed by atoms with Gasteiger partial charge in [-0.05, 0) is 49.6 Å². The van der Waals surface area contributed by atoms with Crippen molar-refractivity contribution in [2.45, 2.75) is 19.3 Å². The van der Waals surface area contributed by atoms with Gasteiger partial charge in [0.25, 0.3) is 0 Å². The minimum Gasteiger partial charge on any atom is -0.370 e. The molecule has 2 aromatic heterocycles. The maximum atomic E-state index is 4.89. The summed E-state index contributed by atoms with van der Waals surface area (Å²) >= 11 is 3.55. The van der Waals surface area contributed by atoms with Crippen LogP contribution in [0.2, 0.25) is 0 Å². The van der Waals surface area contributed by atoms with Gasteiger partial charge in [0, 0.05) is 22.8 Å². The first-order valence-corrected chi connectivity index (χ1v) is 8.65.